The first kappa shape index (κ1) is 13.8. The summed E-state index contributed by atoms with van der Waals surface area (Å²) >= 11 is 0. The molecule has 0 aromatic heterocycles. The molecule has 2 rings (SSSR count). The zero-order chi connectivity index (χ0) is 13.8. The van der Waals surface area contributed by atoms with Gasteiger partial charge >= 0.3 is 0 Å². The van der Waals surface area contributed by atoms with Gasteiger partial charge in [-0.1, -0.05) is 42.0 Å². The van der Waals surface area contributed by atoms with Gasteiger partial charge in [0, 0.05) is 12.6 Å². The highest BCUT2D eigenvalue weighted by atomic mass is 19.1. The molecule has 2 aromatic carbocycles. The van der Waals surface area contributed by atoms with Crippen molar-refractivity contribution < 1.29 is 4.39 Å². The van der Waals surface area contributed by atoms with Crippen LogP contribution in [0.15, 0.2) is 42.5 Å². The third-order valence-electron chi connectivity index (χ3n) is 3.39. The van der Waals surface area contributed by atoms with E-state index < -0.39 is 0 Å². The summed E-state index contributed by atoms with van der Waals surface area (Å²) in [5, 5.41) is 3.42. The smallest absolute Gasteiger partial charge is 0.126 e. The van der Waals surface area contributed by atoms with Crippen LogP contribution in [0.5, 0.6) is 0 Å². The van der Waals surface area contributed by atoms with Crippen molar-refractivity contribution in [1.29, 1.82) is 0 Å². The summed E-state index contributed by atoms with van der Waals surface area (Å²) in [6, 6.07) is 14.0. The van der Waals surface area contributed by atoms with Gasteiger partial charge in [0.2, 0.25) is 0 Å². The van der Waals surface area contributed by atoms with Crippen molar-refractivity contribution in [3.63, 3.8) is 0 Å². The molecule has 2 heteroatoms. The Hall–Kier alpha value is -1.67. The van der Waals surface area contributed by atoms with Crippen molar-refractivity contribution >= 4 is 0 Å². The summed E-state index contributed by atoms with van der Waals surface area (Å²) in [6.07, 6.45) is 0. The van der Waals surface area contributed by atoms with Gasteiger partial charge in [-0.3, -0.25) is 0 Å². The van der Waals surface area contributed by atoms with E-state index in [1.807, 2.05) is 12.1 Å². The van der Waals surface area contributed by atoms with E-state index in [1.165, 1.54) is 11.1 Å². The zero-order valence-corrected chi connectivity index (χ0v) is 11.7. The molecular formula is C17H20FN. The summed E-state index contributed by atoms with van der Waals surface area (Å²) in [4.78, 5) is 0. The average Bonchev–Trinajstić information content (AvgIpc) is 2.39. The SMILES string of the molecule is Cc1cccc(CNC(C)c2ccc(C)c(F)c2)c1. The van der Waals surface area contributed by atoms with Gasteiger partial charge in [-0.2, -0.15) is 0 Å². The molecule has 19 heavy (non-hydrogen) atoms. The summed E-state index contributed by atoms with van der Waals surface area (Å²) in [5.41, 5.74) is 4.18. The van der Waals surface area contributed by atoms with Crippen molar-refractivity contribution in [2.24, 2.45) is 0 Å². The van der Waals surface area contributed by atoms with E-state index in [0.717, 1.165) is 12.1 Å². The summed E-state index contributed by atoms with van der Waals surface area (Å²) < 4.78 is 13.5. The number of hydrogen-bond acceptors (Lipinski definition) is 1. The van der Waals surface area contributed by atoms with Gasteiger partial charge in [0.15, 0.2) is 0 Å². The first-order chi connectivity index (χ1) is 9.06. The molecule has 0 saturated carbocycles. The van der Waals surface area contributed by atoms with Crippen LogP contribution in [0.25, 0.3) is 0 Å². The van der Waals surface area contributed by atoms with Crippen molar-refractivity contribution in [2.75, 3.05) is 0 Å². The maximum absolute atomic E-state index is 13.5. The van der Waals surface area contributed by atoms with Gasteiger partial charge in [-0.25, -0.2) is 4.39 Å². The molecular weight excluding hydrogens is 237 g/mol. The third-order valence-corrected chi connectivity index (χ3v) is 3.39. The highest BCUT2D eigenvalue weighted by Crippen LogP contribution is 2.17. The molecule has 1 unspecified atom stereocenters. The van der Waals surface area contributed by atoms with Crippen LogP contribution in [0.4, 0.5) is 4.39 Å². The topological polar surface area (TPSA) is 12.0 Å². The van der Waals surface area contributed by atoms with Crippen LogP contribution < -0.4 is 5.32 Å². The largest absolute Gasteiger partial charge is 0.306 e. The van der Waals surface area contributed by atoms with Crippen LogP contribution in [-0.2, 0) is 6.54 Å². The Morgan fingerprint density at radius 1 is 1.11 bits per heavy atom. The molecule has 0 bridgehead atoms. The predicted molar refractivity (Wildman–Crippen MR) is 77.6 cm³/mol. The summed E-state index contributed by atoms with van der Waals surface area (Å²) in [7, 11) is 0. The van der Waals surface area contributed by atoms with Gasteiger partial charge in [-0.15, -0.1) is 0 Å². The van der Waals surface area contributed by atoms with Gasteiger partial charge in [0.25, 0.3) is 0 Å². The summed E-state index contributed by atoms with van der Waals surface area (Å²) in [6.45, 7) is 6.71. The van der Waals surface area contributed by atoms with Gasteiger partial charge in [0.1, 0.15) is 5.82 Å². The van der Waals surface area contributed by atoms with Crippen molar-refractivity contribution in [2.45, 2.75) is 33.4 Å². The second-order valence-electron chi connectivity index (χ2n) is 5.10. The molecule has 0 amide bonds. The average molecular weight is 257 g/mol. The van der Waals surface area contributed by atoms with Crippen LogP contribution in [0.2, 0.25) is 0 Å². The van der Waals surface area contributed by atoms with Crippen molar-refractivity contribution in [1.82, 2.24) is 5.32 Å². The molecule has 2 aromatic rings. The van der Waals surface area contributed by atoms with Crippen LogP contribution in [-0.4, -0.2) is 0 Å². The van der Waals surface area contributed by atoms with Crippen LogP contribution >= 0.6 is 0 Å². The molecule has 0 heterocycles. The quantitative estimate of drug-likeness (QED) is 0.861. The standard InChI is InChI=1S/C17H20FN/c1-12-5-4-6-15(9-12)11-19-14(3)16-8-7-13(2)17(18)10-16/h4-10,14,19H,11H2,1-3H3. The van der Waals surface area contributed by atoms with Gasteiger partial charge < -0.3 is 5.32 Å². The lowest BCUT2D eigenvalue weighted by atomic mass is 10.1. The number of hydrogen-bond donors (Lipinski definition) is 1. The molecule has 0 saturated heterocycles. The Balaban J connectivity index is 2.01. The Morgan fingerprint density at radius 3 is 2.58 bits per heavy atom. The first-order valence-corrected chi connectivity index (χ1v) is 6.61. The monoisotopic (exact) mass is 257 g/mol. The third kappa shape index (κ3) is 3.65. The van der Waals surface area contributed by atoms with Crippen LogP contribution in [0.1, 0.15) is 35.2 Å². The fourth-order valence-electron chi connectivity index (χ4n) is 2.09. The summed E-state index contributed by atoms with van der Waals surface area (Å²) in [5.74, 6) is -0.137. The van der Waals surface area contributed by atoms with Crippen LogP contribution in [0.3, 0.4) is 0 Å². The fraction of sp³-hybridized carbons (Fsp3) is 0.294. The van der Waals surface area contributed by atoms with E-state index in [9.17, 15) is 4.39 Å². The van der Waals surface area contributed by atoms with E-state index in [2.05, 4.69) is 43.4 Å². The second-order valence-corrected chi connectivity index (χ2v) is 5.10. The molecule has 0 spiro atoms. The number of halogens is 1. The lowest BCUT2D eigenvalue weighted by Gasteiger charge is -2.15. The van der Waals surface area contributed by atoms with E-state index >= 15 is 0 Å². The molecule has 1 nitrogen and oxygen atoms in total. The van der Waals surface area contributed by atoms with E-state index in [4.69, 9.17) is 0 Å². The maximum Gasteiger partial charge on any atom is 0.126 e. The minimum Gasteiger partial charge on any atom is -0.306 e. The molecule has 1 N–H and O–H groups in total. The lowest BCUT2D eigenvalue weighted by molar-refractivity contribution is 0.563. The zero-order valence-electron chi connectivity index (χ0n) is 11.7. The number of nitrogens with one attached hydrogen (secondary N) is 1. The highest BCUT2D eigenvalue weighted by Gasteiger charge is 2.07. The normalized spacial score (nSPS) is 12.4. The Morgan fingerprint density at radius 2 is 1.89 bits per heavy atom. The highest BCUT2D eigenvalue weighted by molar-refractivity contribution is 5.26. The molecule has 0 aliphatic carbocycles. The maximum atomic E-state index is 13.5. The van der Waals surface area contributed by atoms with E-state index in [1.54, 1.807) is 13.0 Å². The fourth-order valence-corrected chi connectivity index (χ4v) is 2.09. The number of benzene rings is 2. The van der Waals surface area contributed by atoms with Gasteiger partial charge in [-0.05, 0) is 43.5 Å². The molecule has 0 fully saturated rings. The predicted octanol–water partition coefficient (Wildman–Crippen LogP) is 4.29. The van der Waals surface area contributed by atoms with Crippen molar-refractivity contribution in [3.8, 4) is 0 Å². The second kappa shape index (κ2) is 5.98. The number of rotatable bonds is 4. The molecule has 0 radical (unpaired) electrons. The lowest BCUT2D eigenvalue weighted by Crippen LogP contribution is -2.18. The van der Waals surface area contributed by atoms with Gasteiger partial charge in [0.05, 0.1) is 0 Å². The van der Waals surface area contributed by atoms with E-state index in [-0.39, 0.29) is 11.9 Å². The first-order valence-electron chi connectivity index (χ1n) is 6.61. The molecule has 100 valence electrons. The minimum absolute atomic E-state index is 0.135. The Labute approximate surface area is 114 Å². The number of aryl methyl sites for hydroxylation is 2. The molecule has 0 aliphatic rings. The molecule has 0 aliphatic heterocycles. The van der Waals surface area contributed by atoms with E-state index in [0.29, 0.717) is 5.56 Å². The Kier molecular flexibility index (Phi) is 4.33. The van der Waals surface area contributed by atoms with Crippen molar-refractivity contribution in [3.05, 3.63) is 70.5 Å². The minimum atomic E-state index is -0.137. The Bertz CT molecular complexity index is 563. The van der Waals surface area contributed by atoms with Crippen LogP contribution in [0, 0.1) is 19.7 Å². The molecule has 1 atom stereocenters.